The molecule has 5 heteroatoms. The Hall–Kier alpha value is -6.04. The Morgan fingerprint density at radius 3 is 1.62 bits per heavy atom. The van der Waals surface area contributed by atoms with Crippen LogP contribution in [0, 0.1) is 0 Å². The molecule has 0 aliphatic carbocycles. The zero-order chi connectivity index (χ0) is 31.2. The van der Waals surface area contributed by atoms with Crippen molar-refractivity contribution in [2.45, 2.75) is 0 Å². The molecule has 0 N–H and O–H groups in total. The molecule has 9 aromatic rings. The van der Waals surface area contributed by atoms with E-state index in [1.807, 2.05) is 36.4 Å². The molecule has 0 aliphatic heterocycles. The first-order valence-corrected chi connectivity index (χ1v) is 16.4. The summed E-state index contributed by atoms with van der Waals surface area (Å²) in [5.74, 6) is 1.90. The van der Waals surface area contributed by atoms with Gasteiger partial charge in [-0.05, 0) is 28.8 Å². The normalized spacial score (nSPS) is 11.4. The number of rotatable bonds is 5. The number of hydrogen-bond acceptors (Lipinski definition) is 5. The van der Waals surface area contributed by atoms with E-state index in [1.165, 1.54) is 15.6 Å². The summed E-state index contributed by atoms with van der Waals surface area (Å²) in [7, 11) is 0. The lowest BCUT2D eigenvalue weighted by Crippen LogP contribution is -2.01. The van der Waals surface area contributed by atoms with Gasteiger partial charge in [0.05, 0.1) is 15.7 Å². The summed E-state index contributed by atoms with van der Waals surface area (Å²) in [4.78, 5) is 20.4. The maximum absolute atomic E-state index is 5.16. The molecule has 47 heavy (non-hydrogen) atoms. The smallest absolute Gasteiger partial charge is 0.164 e. The lowest BCUT2D eigenvalue weighted by Gasteiger charge is -2.14. The fourth-order valence-electron chi connectivity index (χ4n) is 6.29. The van der Waals surface area contributed by atoms with Crippen molar-refractivity contribution in [1.82, 2.24) is 19.9 Å². The Kier molecular flexibility index (Phi) is 6.61. The van der Waals surface area contributed by atoms with Gasteiger partial charge in [0, 0.05) is 37.7 Å². The number of nitrogens with zero attached hydrogens (tertiary/aromatic N) is 4. The van der Waals surface area contributed by atoms with Gasteiger partial charge in [-0.1, -0.05) is 146 Å². The molecule has 0 saturated carbocycles. The topological polar surface area (TPSA) is 51.6 Å². The molecule has 220 valence electrons. The maximum Gasteiger partial charge on any atom is 0.164 e. The molecule has 0 atom stereocenters. The first-order valence-electron chi connectivity index (χ1n) is 15.6. The van der Waals surface area contributed by atoms with E-state index in [1.54, 1.807) is 11.3 Å². The highest BCUT2D eigenvalue weighted by Crippen LogP contribution is 2.45. The third-order valence-electron chi connectivity index (χ3n) is 8.56. The summed E-state index contributed by atoms with van der Waals surface area (Å²) in [6.07, 6.45) is 0. The third kappa shape index (κ3) is 4.85. The Bertz CT molecular complexity index is 2560. The van der Waals surface area contributed by atoms with Gasteiger partial charge in [-0.15, -0.1) is 11.3 Å². The van der Waals surface area contributed by atoms with Gasteiger partial charge in [0.2, 0.25) is 0 Å². The van der Waals surface area contributed by atoms with Gasteiger partial charge >= 0.3 is 0 Å². The summed E-state index contributed by atoms with van der Waals surface area (Å²) in [6, 6.07) is 54.4. The molecule has 0 unspecified atom stereocenters. The summed E-state index contributed by atoms with van der Waals surface area (Å²) < 4.78 is 2.38. The molecule has 0 bridgehead atoms. The zero-order valence-electron chi connectivity index (χ0n) is 25.2. The maximum atomic E-state index is 5.16. The van der Waals surface area contributed by atoms with Crippen LogP contribution >= 0.6 is 11.3 Å². The fourth-order valence-corrected chi connectivity index (χ4v) is 7.50. The van der Waals surface area contributed by atoms with E-state index in [0.717, 1.165) is 54.5 Å². The van der Waals surface area contributed by atoms with E-state index in [-0.39, 0.29) is 0 Å². The van der Waals surface area contributed by atoms with Crippen LogP contribution in [0.3, 0.4) is 0 Å². The quantitative estimate of drug-likeness (QED) is 0.193. The Labute approximate surface area is 275 Å². The van der Waals surface area contributed by atoms with Crippen LogP contribution in [-0.2, 0) is 0 Å². The van der Waals surface area contributed by atoms with Crippen LogP contribution in [0.5, 0.6) is 0 Å². The van der Waals surface area contributed by atoms with E-state index in [0.29, 0.717) is 17.5 Å². The van der Waals surface area contributed by atoms with Gasteiger partial charge < -0.3 is 0 Å². The predicted molar refractivity (Wildman–Crippen MR) is 195 cm³/mol. The summed E-state index contributed by atoms with van der Waals surface area (Å²) in [6.45, 7) is 0. The second-order valence-corrected chi connectivity index (χ2v) is 12.5. The molecule has 3 heterocycles. The molecule has 0 radical (unpaired) electrons. The highest BCUT2D eigenvalue weighted by Gasteiger charge is 2.21. The minimum absolute atomic E-state index is 0.631. The van der Waals surface area contributed by atoms with Crippen molar-refractivity contribution in [3.8, 4) is 56.4 Å². The van der Waals surface area contributed by atoms with Crippen molar-refractivity contribution in [2.75, 3.05) is 0 Å². The van der Waals surface area contributed by atoms with Gasteiger partial charge in [0.1, 0.15) is 0 Å². The number of hydrogen-bond donors (Lipinski definition) is 0. The lowest BCUT2D eigenvalue weighted by molar-refractivity contribution is 1.07. The van der Waals surface area contributed by atoms with Crippen molar-refractivity contribution in [2.24, 2.45) is 0 Å². The van der Waals surface area contributed by atoms with E-state index in [2.05, 4.69) is 121 Å². The fraction of sp³-hybridized carbons (Fsp3) is 0. The van der Waals surface area contributed by atoms with Crippen molar-refractivity contribution >= 4 is 42.5 Å². The minimum Gasteiger partial charge on any atom is -0.246 e. The second-order valence-electron chi connectivity index (χ2n) is 11.4. The van der Waals surface area contributed by atoms with Crippen LogP contribution in [0.2, 0.25) is 0 Å². The van der Waals surface area contributed by atoms with Gasteiger partial charge in [-0.25, -0.2) is 19.9 Å². The van der Waals surface area contributed by atoms with Crippen LogP contribution in [0.1, 0.15) is 0 Å². The number of thiophene rings is 1. The zero-order valence-corrected chi connectivity index (χ0v) is 26.0. The molecule has 0 amide bonds. The van der Waals surface area contributed by atoms with Crippen molar-refractivity contribution < 1.29 is 0 Å². The number of para-hydroxylation sites is 1. The summed E-state index contributed by atoms with van der Waals surface area (Å²) in [5, 5.41) is 2.28. The largest absolute Gasteiger partial charge is 0.246 e. The number of benzene rings is 6. The monoisotopic (exact) mass is 618 g/mol. The van der Waals surface area contributed by atoms with Gasteiger partial charge in [0.15, 0.2) is 17.5 Å². The highest BCUT2D eigenvalue weighted by atomic mass is 32.1. The highest BCUT2D eigenvalue weighted by molar-refractivity contribution is 7.26. The number of pyridine rings is 1. The van der Waals surface area contributed by atoms with Crippen LogP contribution < -0.4 is 0 Å². The molecule has 0 fully saturated rings. The molecule has 0 spiro atoms. The van der Waals surface area contributed by atoms with Crippen LogP contribution in [-0.4, -0.2) is 19.9 Å². The standard InChI is InChI=1S/C42H26N4S/c1-3-13-27(14-4-1)28-23-25-30(26-24-28)41-44-40(29-15-5-2-6-16-29)45-42(46-41)32-18-8-7-17-31(32)37-33-19-9-11-21-35(33)43-38-34-20-10-12-22-36(34)47-39(37)38/h1-26H. The molecule has 6 aromatic carbocycles. The van der Waals surface area contributed by atoms with E-state index >= 15 is 0 Å². The number of fused-ring (bicyclic) bond motifs is 4. The van der Waals surface area contributed by atoms with Gasteiger partial charge in [-0.3, -0.25) is 0 Å². The Balaban J connectivity index is 1.28. The van der Waals surface area contributed by atoms with E-state index in [9.17, 15) is 0 Å². The Morgan fingerprint density at radius 1 is 0.362 bits per heavy atom. The molecule has 3 aromatic heterocycles. The number of aromatic nitrogens is 4. The lowest BCUT2D eigenvalue weighted by atomic mass is 9.95. The van der Waals surface area contributed by atoms with Crippen molar-refractivity contribution in [1.29, 1.82) is 0 Å². The third-order valence-corrected chi connectivity index (χ3v) is 9.73. The first kappa shape index (κ1) is 27.3. The second kappa shape index (κ2) is 11.4. The van der Waals surface area contributed by atoms with E-state index in [4.69, 9.17) is 19.9 Å². The SMILES string of the molecule is c1ccc(-c2ccc(-c3nc(-c4ccccc4)nc(-c4ccccc4-c4c5ccccc5nc5c4sc4ccccc45)n3)cc2)cc1. The first-order chi connectivity index (χ1) is 23.3. The van der Waals surface area contributed by atoms with Gasteiger partial charge in [0.25, 0.3) is 0 Å². The summed E-state index contributed by atoms with van der Waals surface area (Å²) >= 11 is 1.79. The molecule has 4 nitrogen and oxygen atoms in total. The van der Waals surface area contributed by atoms with Gasteiger partial charge in [-0.2, -0.15) is 0 Å². The molecule has 9 rings (SSSR count). The Morgan fingerprint density at radius 2 is 0.872 bits per heavy atom. The van der Waals surface area contributed by atoms with Crippen LogP contribution in [0.25, 0.3) is 87.6 Å². The average molecular weight is 619 g/mol. The minimum atomic E-state index is 0.631. The molecule has 0 aliphatic rings. The summed E-state index contributed by atoms with van der Waals surface area (Å²) in [5.41, 5.74) is 9.35. The van der Waals surface area contributed by atoms with Crippen LogP contribution in [0.15, 0.2) is 158 Å². The van der Waals surface area contributed by atoms with Crippen LogP contribution in [0.4, 0.5) is 0 Å². The molecule has 0 saturated heterocycles. The molecular formula is C42H26N4S. The van der Waals surface area contributed by atoms with E-state index < -0.39 is 0 Å². The van der Waals surface area contributed by atoms with Crippen molar-refractivity contribution in [3.63, 3.8) is 0 Å². The molecular weight excluding hydrogens is 593 g/mol. The predicted octanol–water partition coefficient (Wildman–Crippen LogP) is 11.1. The average Bonchev–Trinajstić information content (AvgIpc) is 3.52. The van der Waals surface area contributed by atoms with Crippen molar-refractivity contribution in [3.05, 3.63) is 158 Å².